The molecule has 5 heteroatoms. The van der Waals surface area contributed by atoms with Gasteiger partial charge in [0.2, 0.25) is 5.13 Å². The molecule has 0 amide bonds. The van der Waals surface area contributed by atoms with Crippen molar-refractivity contribution in [2.75, 3.05) is 18.4 Å². The second kappa shape index (κ2) is 6.31. The SMILES string of the molecule is CC(C)Cc1nnc(NCC2CCCCN2)s1. The highest BCUT2D eigenvalue weighted by Gasteiger charge is 2.13. The summed E-state index contributed by atoms with van der Waals surface area (Å²) in [5.41, 5.74) is 0. The van der Waals surface area contributed by atoms with Gasteiger partial charge in [-0.1, -0.05) is 31.6 Å². The van der Waals surface area contributed by atoms with Crippen molar-refractivity contribution in [3.63, 3.8) is 0 Å². The molecule has 0 aliphatic carbocycles. The second-order valence-electron chi connectivity index (χ2n) is 5.13. The fourth-order valence-electron chi connectivity index (χ4n) is 2.07. The largest absolute Gasteiger partial charge is 0.359 e. The number of piperidine rings is 1. The molecule has 1 unspecified atom stereocenters. The van der Waals surface area contributed by atoms with Gasteiger partial charge >= 0.3 is 0 Å². The highest BCUT2D eigenvalue weighted by Crippen LogP contribution is 2.18. The summed E-state index contributed by atoms with van der Waals surface area (Å²) >= 11 is 1.69. The summed E-state index contributed by atoms with van der Waals surface area (Å²) in [6, 6.07) is 0.598. The maximum Gasteiger partial charge on any atom is 0.205 e. The van der Waals surface area contributed by atoms with Crippen molar-refractivity contribution in [1.82, 2.24) is 15.5 Å². The van der Waals surface area contributed by atoms with Gasteiger partial charge in [-0.15, -0.1) is 10.2 Å². The average Bonchev–Trinajstić information content (AvgIpc) is 2.75. The topological polar surface area (TPSA) is 49.8 Å². The number of nitrogens with one attached hydrogen (secondary N) is 2. The van der Waals surface area contributed by atoms with Crippen molar-refractivity contribution in [2.24, 2.45) is 5.92 Å². The molecule has 1 aromatic heterocycles. The third-order valence-electron chi connectivity index (χ3n) is 2.96. The molecule has 0 radical (unpaired) electrons. The van der Waals surface area contributed by atoms with Crippen LogP contribution in [0.4, 0.5) is 5.13 Å². The van der Waals surface area contributed by atoms with Crippen LogP contribution in [0.25, 0.3) is 0 Å². The number of hydrogen-bond acceptors (Lipinski definition) is 5. The van der Waals surface area contributed by atoms with Gasteiger partial charge in [0.15, 0.2) is 0 Å². The molecule has 1 aromatic rings. The van der Waals surface area contributed by atoms with E-state index >= 15 is 0 Å². The fourth-order valence-corrected chi connectivity index (χ4v) is 3.02. The summed E-state index contributed by atoms with van der Waals surface area (Å²) in [6.45, 7) is 6.54. The van der Waals surface area contributed by atoms with E-state index < -0.39 is 0 Å². The summed E-state index contributed by atoms with van der Waals surface area (Å²) in [4.78, 5) is 0. The lowest BCUT2D eigenvalue weighted by Crippen LogP contribution is -2.39. The van der Waals surface area contributed by atoms with E-state index in [0.717, 1.165) is 29.6 Å². The molecule has 2 N–H and O–H groups in total. The molecule has 96 valence electrons. The maximum atomic E-state index is 4.21. The minimum atomic E-state index is 0.598. The Bertz CT molecular complexity index is 331. The van der Waals surface area contributed by atoms with E-state index in [0.29, 0.717) is 12.0 Å². The van der Waals surface area contributed by atoms with Gasteiger partial charge in [-0.05, 0) is 25.3 Å². The molecule has 0 spiro atoms. The molecular weight excluding hydrogens is 232 g/mol. The molecule has 1 aliphatic heterocycles. The molecule has 4 nitrogen and oxygen atoms in total. The van der Waals surface area contributed by atoms with Crippen molar-refractivity contribution in [3.8, 4) is 0 Å². The third kappa shape index (κ3) is 4.24. The molecule has 17 heavy (non-hydrogen) atoms. The fraction of sp³-hybridized carbons (Fsp3) is 0.833. The minimum absolute atomic E-state index is 0.598. The Morgan fingerprint density at radius 2 is 2.29 bits per heavy atom. The van der Waals surface area contributed by atoms with E-state index in [1.807, 2.05) is 0 Å². The lowest BCUT2D eigenvalue weighted by atomic mass is 10.1. The van der Waals surface area contributed by atoms with Gasteiger partial charge in [0.25, 0.3) is 0 Å². The van der Waals surface area contributed by atoms with Crippen LogP contribution in [0.15, 0.2) is 0 Å². The van der Waals surface area contributed by atoms with E-state index in [2.05, 4.69) is 34.7 Å². The standard InChI is InChI=1S/C12H22N4S/c1-9(2)7-11-15-16-12(17-11)14-8-10-5-3-4-6-13-10/h9-10,13H,3-8H2,1-2H3,(H,14,16). The van der Waals surface area contributed by atoms with Crippen LogP contribution in [0, 0.1) is 5.92 Å². The van der Waals surface area contributed by atoms with E-state index in [1.54, 1.807) is 11.3 Å². The van der Waals surface area contributed by atoms with E-state index in [-0.39, 0.29) is 0 Å². The minimum Gasteiger partial charge on any atom is -0.359 e. The predicted octanol–water partition coefficient (Wildman–Crippen LogP) is 2.29. The summed E-state index contributed by atoms with van der Waals surface area (Å²) in [6.07, 6.45) is 4.95. The van der Waals surface area contributed by atoms with Gasteiger partial charge in [0.05, 0.1) is 0 Å². The Balaban J connectivity index is 1.76. The normalized spacial score (nSPS) is 20.8. The number of hydrogen-bond donors (Lipinski definition) is 2. The zero-order chi connectivity index (χ0) is 12.1. The van der Waals surface area contributed by atoms with Gasteiger partial charge in [-0.2, -0.15) is 0 Å². The first-order valence-electron chi connectivity index (χ1n) is 6.53. The van der Waals surface area contributed by atoms with Crippen LogP contribution >= 0.6 is 11.3 Å². The summed E-state index contributed by atoms with van der Waals surface area (Å²) in [5.74, 6) is 0.649. The van der Waals surface area contributed by atoms with Crippen LogP contribution in [0.3, 0.4) is 0 Å². The van der Waals surface area contributed by atoms with E-state index in [1.165, 1.54) is 19.3 Å². The number of nitrogens with zero attached hydrogens (tertiary/aromatic N) is 2. The molecule has 2 rings (SSSR count). The number of anilines is 1. The number of aromatic nitrogens is 2. The van der Waals surface area contributed by atoms with Crippen molar-refractivity contribution in [2.45, 2.75) is 45.6 Å². The van der Waals surface area contributed by atoms with Crippen molar-refractivity contribution in [1.29, 1.82) is 0 Å². The van der Waals surface area contributed by atoms with Gasteiger partial charge in [0, 0.05) is 19.0 Å². The molecule has 0 saturated carbocycles. The monoisotopic (exact) mass is 254 g/mol. The zero-order valence-corrected chi connectivity index (χ0v) is 11.5. The molecule has 1 atom stereocenters. The average molecular weight is 254 g/mol. The van der Waals surface area contributed by atoms with Crippen LogP contribution in [-0.4, -0.2) is 29.3 Å². The molecule has 0 bridgehead atoms. The first-order chi connectivity index (χ1) is 8.24. The Kier molecular flexibility index (Phi) is 4.74. The van der Waals surface area contributed by atoms with Crippen LogP contribution in [0.5, 0.6) is 0 Å². The third-order valence-corrected chi connectivity index (χ3v) is 3.87. The van der Waals surface area contributed by atoms with E-state index in [9.17, 15) is 0 Å². The lowest BCUT2D eigenvalue weighted by Gasteiger charge is -2.23. The molecule has 1 fully saturated rings. The molecular formula is C12H22N4S. The summed E-state index contributed by atoms with van der Waals surface area (Å²) in [7, 11) is 0. The van der Waals surface area contributed by atoms with Crippen molar-refractivity contribution >= 4 is 16.5 Å². The smallest absolute Gasteiger partial charge is 0.205 e. The predicted molar refractivity (Wildman–Crippen MR) is 72.6 cm³/mol. The zero-order valence-electron chi connectivity index (χ0n) is 10.7. The molecule has 1 saturated heterocycles. The van der Waals surface area contributed by atoms with Crippen LogP contribution in [0.1, 0.15) is 38.1 Å². The van der Waals surface area contributed by atoms with Crippen molar-refractivity contribution < 1.29 is 0 Å². The van der Waals surface area contributed by atoms with Crippen LogP contribution in [-0.2, 0) is 6.42 Å². The van der Waals surface area contributed by atoms with Gasteiger partial charge in [-0.25, -0.2) is 0 Å². The van der Waals surface area contributed by atoms with Gasteiger partial charge in [0.1, 0.15) is 5.01 Å². The molecule has 0 aromatic carbocycles. The highest BCUT2D eigenvalue weighted by atomic mass is 32.1. The Hall–Kier alpha value is -0.680. The van der Waals surface area contributed by atoms with Crippen LogP contribution < -0.4 is 10.6 Å². The quantitative estimate of drug-likeness (QED) is 0.846. The van der Waals surface area contributed by atoms with Gasteiger partial charge < -0.3 is 10.6 Å². The van der Waals surface area contributed by atoms with E-state index in [4.69, 9.17) is 0 Å². The Morgan fingerprint density at radius 3 is 3.00 bits per heavy atom. The second-order valence-corrected chi connectivity index (χ2v) is 6.19. The summed E-state index contributed by atoms with van der Waals surface area (Å²) in [5, 5.41) is 17.4. The Labute approximate surface area is 107 Å². The molecule has 2 heterocycles. The first-order valence-corrected chi connectivity index (χ1v) is 7.35. The number of rotatable bonds is 5. The van der Waals surface area contributed by atoms with Crippen molar-refractivity contribution in [3.05, 3.63) is 5.01 Å². The lowest BCUT2D eigenvalue weighted by molar-refractivity contribution is 0.414. The Morgan fingerprint density at radius 1 is 1.41 bits per heavy atom. The maximum absolute atomic E-state index is 4.21. The summed E-state index contributed by atoms with van der Waals surface area (Å²) < 4.78 is 0. The van der Waals surface area contributed by atoms with Crippen LogP contribution in [0.2, 0.25) is 0 Å². The first kappa shape index (κ1) is 12.8. The van der Waals surface area contributed by atoms with Gasteiger partial charge in [-0.3, -0.25) is 0 Å². The molecule has 1 aliphatic rings. The highest BCUT2D eigenvalue weighted by molar-refractivity contribution is 7.15.